The highest BCUT2D eigenvalue weighted by atomic mass is 16.6. The maximum absolute atomic E-state index is 10.8. The summed E-state index contributed by atoms with van der Waals surface area (Å²) >= 11 is 0. The first kappa shape index (κ1) is 12.0. The van der Waals surface area contributed by atoms with Crippen LogP contribution in [0.3, 0.4) is 0 Å². The fraction of sp³-hybridized carbons (Fsp3) is 0.400. The second-order valence-corrected chi connectivity index (χ2v) is 3.50. The van der Waals surface area contributed by atoms with Crippen LogP contribution < -0.4 is 0 Å². The number of nitro benzene ring substituents is 1. The van der Waals surface area contributed by atoms with E-state index in [0.29, 0.717) is 0 Å². The number of nitro groups is 1. The topological polar surface area (TPSA) is 91.9 Å². The largest absolute Gasteiger partial charge is 0.279 e. The first-order chi connectivity index (χ1) is 7.60. The Morgan fingerprint density at radius 3 is 2.81 bits per heavy atom. The molecule has 0 aromatic heterocycles. The van der Waals surface area contributed by atoms with Crippen molar-refractivity contribution in [3.8, 4) is 0 Å². The van der Waals surface area contributed by atoms with Crippen molar-refractivity contribution in [1.82, 2.24) is 0 Å². The van der Waals surface area contributed by atoms with Gasteiger partial charge in [0.05, 0.1) is 4.92 Å². The summed E-state index contributed by atoms with van der Waals surface area (Å²) in [5.74, 6) is 0.249. The van der Waals surface area contributed by atoms with E-state index in [0.717, 1.165) is 12.0 Å². The van der Waals surface area contributed by atoms with E-state index < -0.39 is 4.92 Å². The van der Waals surface area contributed by atoms with E-state index in [2.05, 4.69) is 10.0 Å². The number of nitrogens with zero attached hydrogens (tertiary/aromatic N) is 4. The van der Waals surface area contributed by atoms with Crippen molar-refractivity contribution in [1.29, 1.82) is 0 Å². The van der Waals surface area contributed by atoms with Gasteiger partial charge in [0.1, 0.15) is 5.69 Å². The van der Waals surface area contributed by atoms with Crippen LogP contribution in [-0.4, -0.2) is 4.92 Å². The molecule has 0 radical (unpaired) electrons. The van der Waals surface area contributed by atoms with Crippen molar-refractivity contribution in [2.45, 2.75) is 26.2 Å². The van der Waals surface area contributed by atoms with Gasteiger partial charge in [-0.25, -0.2) is 0 Å². The molecule has 6 nitrogen and oxygen atoms in total. The lowest BCUT2D eigenvalue weighted by molar-refractivity contribution is -0.384. The first-order valence-corrected chi connectivity index (χ1v) is 4.93. The van der Waals surface area contributed by atoms with E-state index in [-0.39, 0.29) is 17.3 Å². The predicted molar refractivity (Wildman–Crippen MR) is 60.6 cm³/mol. The quantitative estimate of drug-likeness (QED) is 0.251. The SMILES string of the molecule is CCC(C)c1ccc(N=[N+]=[N-])c([N+](=O)[O-])c1. The Bertz CT molecular complexity index is 452. The van der Waals surface area contributed by atoms with Crippen molar-refractivity contribution in [2.75, 3.05) is 0 Å². The lowest BCUT2D eigenvalue weighted by Gasteiger charge is -2.08. The van der Waals surface area contributed by atoms with Crippen molar-refractivity contribution in [2.24, 2.45) is 5.11 Å². The van der Waals surface area contributed by atoms with Crippen LogP contribution in [0.25, 0.3) is 10.4 Å². The molecular weight excluding hydrogens is 208 g/mol. The molecule has 0 saturated carbocycles. The van der Waals surface area contributed by atoms with Crippen LogP contribution in [0.15, 0.2) is 23.3 Å². The molecule has 0 bridgehead atoms. The molecule has 0 N–H and O–H groups in total. The smallest absolute Gasteiger partial charge is 0.258 e. The Hall–Kier alpha value is -2.07. The maximum Gasteiger partial charge on any atom is 0.279 e. The predicted octanol–water partition coefficient (Wildman–Crippen LogP) is 4.05. The molecule has 0 saturated heterocycles. The van der Waals surface area contributed by atoms with Gasteiger partial charge in [-0.3, -0.25) is 10.1 Å². The Balaban J connectivity index is 3.27. The van der Waals surface area contributed by atoms with Gasteiger partial charge in [-0.05, 0) is 29.5 Å². The number of hydrogen-bond donors (Lipinski definition) is 0. The van der Waals surface area contributed by atoms with E-state index in [9.17, 15) is 10.1 Å². The molecule has 0 aliphatic carbocycles. The van der Waals surface area contributed by atoms with E-state index >= 15 is 0 Å². The zero-order valence-electron chi connectivity index (χ0n) is 9.12. The molecule has 0 fully saturated rings. The monoisotopic (exact) mass is 220 g/mol. The van der Waals surface area contributed by atoms with E-state index in [1.165, 1.54) is 12.1 Å². The summed E-state index contributed by atoms with van der Waals surface area (Å²) in [7, 11) is 0. The summed E-state index contributed by atoms with van der Waals surface area (Å²) in [6, 6.07) is 4.71. The highest BCUT2D eigenvalue weighted by Crippen LogP contribution is 2.31. The van der Waals surface area contributed by atoms with Gasteiger partial charge in [0.15, 0.2) is 0 Å². The third-order valence-corrected chi connectivity index (χ3v) is 2.53. The maximum atomic E-state index is 10.8. The molecule has 0 heterocycles. The molecule has 16 heavy (non-hydrogen) atoms. The summed E-state index contributed by atoms with van der Waals surface area (Å²) in [6.07, 6.45) is 0.901. The van der Waals surface area contributed by atoms with Crippen LogP contribution in [0, 0.1) is 10.1 Å². The normalized spacial score (nSPS) is 11.6. The number of hydrogen-bond acceptors (Lipinski definition) is 3. The average Bonchev–Trinajstić information content (AvgIpc) is 2.28. The van der Waals surface area contributed by atoms with Crippen LogP contribution in [0.1, 0.15) is 31.7 Å². The van der Waals surface area contributed by atoms with Crippen LogP contribution >= 0.6 is 0 Å². The lowest BCUT2D eigenvalue weighted by Crippen LogP contribution is -1.94. The lowest BCUT2D eigenvalue weighted by atomic mass is 9.98. The van der Waals surface area contributed by atoms with Crippen molar-refractivity contribution in [3.05, 3.63) is 44.3 Å². The highest BCUT2D eigenvalue weighted by molar-refractivity contribution is 5.58. The summed E-state index contributed by atoms with van der Waals surface area (Å²) in [5.41, 5.74) is 9.08. The third kappa shape index (κ3) is 2.49. The molecule has 6 heteroatoms. The summed E-state index contributed by atoms with van der Waals surface area (Å²) in [5, 5.41) is 14.1. The average molecular weight is 220 g/mol. The fourth-order valence-electron chi connectivity index (χ4n) is 1.36. The number of azide groups is 1. The van der Waals surface area contributed by atoms with Gasteiger partial charge in [0.2, 0.25) is 0 Å². The van der Waals surface area contributed by atoms with Gasteiger partial charge in [0, 0.05) is 11.0 Å². The molecule has 1 rings (SSSR count). The second-order valence-electron chi connectivity index (χ2n) is 3.50. The molecule has 0 aliphatic heterocycles. The highest BCUT2D eigenvalue weighted by Gasteiger charge is 2.15. The van der Waals surface area contributed by atoms with Crippen LogP contribution in [0.2, 0.25) is 0 Å². The summed E-state index contributed by atoms with van der Waals surface area (Å²) in [4.78, 5) is 12.8. The van der Waals surface area contributed by atoms with Gasteiger partial charge < -0.3 is 0 Å². The van der Waals surface area contributed by atoms with E-state index in [4.69, 9.17) is 5.53 Å². The Kier molecular flexibility index (Phi) is 3.85. The zero-order chi connectivity index (χ0) is 12.1. The molecule has 1 atom stereocenters. The van der Waals surface area contributed by atoms with E-state index in [1.807, 2.05) is 13.8 Å². The third-order valence-electron chi connectivity index (χ3n) is 2.53. The first-order valence-electron chi connectivity index (χ1n) is 4.93. The van der Waals surface area contributed by atoms with Gasteiger partial charge in [0.25, 0.3) is 5.69 Å². The Labute approximate surface area is 92.7 Å². The van der Waals surface area contributed by atoms with Crippen molar-refractivity contribution >= 4 is 11.4 Å². The molecule has 0 aliphatic rings. The molecule has 1 unspecified atom stereocenters. The minimum Gasteiger partial charge on any atom is -0.258 e. The van der Waals surface area contributed by atoms with Crippen LogP contribution in [0.5, 0.6) is 0 Å². The van der Waals surface area contributed by atoms with Gasteiger partial charge in [-0.1, -0.05) is 25.0 Å². The van der Waals surface area contributed by atoms with Gasteiger partial charge in [-0.15, -0.1) is 0 Å². The number of benzene rings is 1. The molecule has 0 spiro atoms. The summed E-state index contributed by atoms with van der Waals surface area (Å²) in [6.45, 7) is 4.00. The molecule has 1 aromatic carbocycles. The fourth-order valence-corrected chi connectivity index (χ4v) is 1.36. The summed E-state index contributed by atoms with van der Waals surface area (Å²) < 4.78 is 0. The molecule has 0 amide bonds. The van der Waals surface area contributed by atoms with Crippen LogP contribution in [0.4, 0.5) is 11.4 Å². The van der Waals surface area contributed by atoms with Gasteiger partial charge >= 0.3 is 0 Å². The molecular formula is C10H12N4O2. The van der Waals surface area contributed by atoms with Gasteiger partial charge in [-0.2, -0.15) is 0 Å². The molecule has 1 aromatic rings. The number of rotatable bonds is 4. The van der Waals surface area contributed by atoms with Crippen molar-refractivity contribution in [3.63, 3.8) is 0 Å². The van der Waals surface area contributed by atoms with Crippen molar-refractivity contribution < 1.29 is 4.92 Å². The minimum absolute atomic E-state index is 0.0551. The Morgan fingerprint density at radius 1 is 1.62 bits per heavy atom. The van der Waals surface area contributed by atoms with Crippen LogP contribution in [-0.2, 0) is 0 Å². The standard InChI is InChI=1S/C10H12N4O2/c1-3-7(2)8-4-5-9(12-13-11)10(6-8)14(15)16/h4-7H,3H2,1-2H3. The Morgan fingerprint density at radius 2 is 2.31 bits per heavy atom. The minimum atomic E-state index is -0.532. The molecule has 84 valence electrons. The zero-order valence-corrected chi connectivity index (χ0v) is 9.12. The second kappa shape index (κ2) is 5.14. The van der Waals surface area contributed by atoms with E-state index in [1.54, 1.807) is 6.07 Å².